The molecule has 0 aliphatic heterocycles. The Morgan fingerprint density at radius 1 is 1.20 bits per heavy atom. The molecule has 0 saturated carbocycles. The lowest BCUT2D eigenvalue weighted by atomic mass is 10.1. The summed E-state index contributed by atoms with van der Waals surface area (Å²) in [4.78, 5) is 4.58. The number of aliphatic hydroxyl groups is 1. The fourth-order valence-electron chi connectivity index (χ4n) is 2.40. The number of benzene rings is 1. The number of hydrogen-bond donors (Lipinski definition) is 3. The summed E-state index contributed by atoms with van der Waals surface area (Å²) in [5, 5.41) is 16.9. The minimum Gasteiger partial charge on any atom is -0.469 e. The summed E-state index contributed by atoms with van der Waals surface area (Å²) < 4.78 is 5.34. The van der Waals surface area contributed by atoms with Gasteiger partial charge in [-0.1, -0.05) is 43.7 Å². The van der Waals surface area contributed by atoms with Crippen LogP contribution < -0.4 is 10.6 Å². The van der Waals surface area contributed by atoms with Gasteiger partial charge in [0.05, 0.1) is 12.4 Å². The second kappa shape index (κ2) is 9.89. The van der Waals surface area contributed by atoms with Gasteiger partial charge in [-0.3, -0.25) is 4.99 Å². The molecule has 0 aliphatic carbocycles. The lowest BCUT2D eigenvalue weighted by Gasteiger charge is -2.17. The smallest absolute Gasteiger partial charge is 0.191 e. The first kappa shape index (κ1) is 19.1. The SMILES string of the molecule is Cc1cccc(C(O)CNC(=NCC(C)C)NCCc2ccco2)c1. The molecule has 1 atom stereocenters. The molecule has 0 aliphatic rings. The van der Waals surface area contributed by atoms with Crippen molar-refractivity contribution < 1.29 is 9.52 Å². The van der Waals surface area contributed by atoms with E-state index in [9.17, 15) is 5.11 Å². The van der Waals surface area contributed by atoms with Crippen molar-refractivity contribution in [3.05, 3.63) is 59.5 Å². The van der Waals surface area contributed by atoms with Gasteiger partial charge in [0.2, 0.25) is 0 Å². The second-order valence-electron chi connectivity index (χ2n) is 6.65. The third-order valence-electron chi connectivity index (χ3n) is 3.75. The summed E-state index contributed by atoms with van der Waals surface area (Å²) in [6.07, 6.45) is 1.89. The molecule has 0 bridgehead atoms. The molecular weight excluding hydrogens is 314 g/mol. The highest BCUT2D eigenvalue weighted by Gasteiger charge is 2.09. The maximum Gasteiger partial charge on any atom is 0.191 e. The van der Waals surface area contributed by atoms with E-state index in [2.05, 4.69) is 29.5 Å². The number of aryl methyl sites for hydroxylation is 1. The van der Waals surface area contributed by atoms with Crippen molar-refractivity contribution in [2.75, 3.05) is 19.6 Å². The fraction of sp³-hybridized carbons (Fsp3) is 0.450. The molecule has 136 valence electrons. The molecule has 1 heterocycles. The number of nitrogens with one attached hydrogen (secondary N) is 2. The highest BCUT2D eigenvalue weighted by atomic mass is 16.3. The van der Waals surface area contributed by atoms with E-state index in [4.69, 9.17) is 4.42 Å². The summed E-state index contributed by atoms with van der Waals surface area (Å²) >= 11 is 0. The molecule has 2 aromatic rings. The molecule has 25 heavy (non-hydrogen) atoms. The van der Waals surface area contributed by atoms with Crippen LogP contribution in [0.25, 0.3) is 0 Å². The molecule has 0 saturated heterocycles. The minimum atomic E-state index is -0.573. The fourth-order valence-corrected chi connectivity index (χ4v) is 2.40. The molecule has 0 radical (unpaired) electrons. The first-order chi connectivity index (χ1) is 12.0. The van der Waals surface area contributed by atoms with Crippen LogP contribution in [0.2, 0.25) is 0 Å². The number of aliphatic hydroxyl groups excluding tert-OH is 1. The van der Waals surface area contributed by atoms with E-state index >= 15 is 0 Å². The van der Waals surface area contributed by atoms with Crippen LogP contribution in [-0.4, -0.2) is 30.7 Å². The summed E-state index contributed by atoms with van der Waals surface area (Å²) in [6, 6.07) is 11.8. The van der Waals surface area contributed by atoms with Gasteiger partial charge >= 0.3 is 0 Å². The quantitative estimate of drug-likeness (QED) is 0.509. The van der Waals surface area contributed by atoms with Crippen molar-refractivity contribution in [2.45, 2.75) is 33.3 Å². The van der Waals surface area contributed by atoms with E-state index in [0.717, 1.165) is 36.4 Å². The molecule has 2 rings (SSSR count). The van der Waals surface area contributed by atoms with Crippen LogP contribution in [0.5, 0.6) is 0 Å². The minimum absolute atomic E-state index is 0.411. The molecule has 3 N–H and O–H groups in total. The Morgan fingerprint density at radius 3 is 2.72 bits per heavy atom. The molecule has 1 unspecified atom stereocenters. The average molecular weight is 343 g/mol. The Morgan fingerprint density at radius 2 is 2.04 bits per heavy atom. The van der Waals surface area contributed by atoms with E-state index in [1.54, 1.807) is 6.26 Å². The Labute approximate surface area is 150 Å². The van der Waals surface area contributed by atoms with Crippen molar-refractivity contribution in [3.8, 4) is 0 Å². The summed E-state index contributed by atoms with van der Waals surface area (Å²) in [5.74, 6) is 2.13. The molecule has 0 amide bonds. The Balaban J connectivity index is 1.87. The highest BCUT2D eigenvalue weighted by molar-refractivity contribution is 5.79. The molecule has 5 heteroatoms. The summed E-state index contributed by atoms with van der Waals surface area (Å²) in [7, 11) is 0. The van der Waals surface area contributed by atoms with Gasteiger partial charge in [-0.25, -0.2) is 0 Å². The van der Waals surface area contributed by atoms with E-state index in [0.29, 0.717) is 18.4 Å². The highest BCUT2D eigenvalue weighted by Crippen LogP contribution is 2.13. The van der Waals surface area contributed by atoms with Crippen LogP contribution in [0.4, 0.5) is 0 Å². The monoisotopic (exact) mass is 343 g/mol. The number of aliphatic imine (C=N–C) groups is 1. The van der Waals surface area contributed by atoms with E-state index in [1.165, 1.54) is 0 Å². The summed E-state index contributed by atoms with van der Waals surface area (Å²) in [5.41, 5.74) is 2.05. The van der Waals surface area contributed by atoms with Crippen molar-refractivity contribution in [2.24, 2.45) is 10.9 Å². The molecule has 1 aromatic heterocycles. The predicted octanol–water partition coefficient (Wildman–Crippen LogP) is 3.06. The van der Waals surface area contributed by atoms with E-state index in [1.807, 2.05) is 43.3 Å². The zero-order valence-corrected chi connectivity index (χ0v) is 15.3. The first-order valence-electron chi connectivity index (χ1n) is 8.84. The van der Waals surface area contributed by atoms with Crippen molar-refractivity contribution >= 4 is 5.96 Å². The predicted molar refractivity (Wildman–Crippen MR) is 102 cm³/mol. The maximum absolute atomic E-state index is 10.4. The van der Waals surface area contributed by atoms with Crippen LogP contribution in [0.3, 0.4) is 0 Å². The zero-order valence-electron chi connectivity index (χ0n) is 15.3. The van der Waals surface area contributed by atoms with Gasteiger partial charge < -0.3 is 20.2 Å². The van der Waals surface area contributed by atoms with Crippen molar-refractivity contribution in [3.63, 3.8) is 0 Å². The topological polar surface area (TPSA) is 69.8 Å². The number of guanidine groups is 1. The second-order valence-corrected chi connectivity index (χ2v) is 6.65. The van der Waals surface area contributed by atoms with Gasteiger partial charge in [-0.15, -0.1) is 0 Å². The lowest BCUT2D eigenvalue weighted by Crippen LogP contribution is -2.40. The van der Waals surface area contributed by atoms with Crippen LogP contribution in [-0.2, 0) is 6.42 Å². The maximum atomic E-state index is 10.4. The normalized spacial score (nSPS) is 13.1. The van der Waals surface area contributed by atoms with E-state index < -0.39 is 6.10 Å². The van der Waals surface area contributed by atoms with Crippen LogP contribution in [0.1, 0.15) is 36.8 Å². The third-order valence-corrected chi connectivity index (χ3v) is 3.75. The third kappa shape index (κ3) is 7.01. The molecular formula is C20H29N3O2. The Bertz CT molecular complexity index is 651. The molecule has 5 nitrogen and oxygen atoms in total. The Hall–Kier alpha value is -2.27. The van der Waals surface area contributed by atoms with Gasteiger partial charge in [-0.2, -0.15) is 0 Å². The van der Waals surface area contributed by atoms with Crippen LogP contribution >= 0.6 is 0 Å². The number of furan rings is 1. The average Bonchev–Trinajstić information content (AvgIpc) is 3.09. The number of hydrogen-bond acceptors (Lipinski definition) is 3. The van der Waals surface area contributed by atoms with Crippen molar-refractivity contribution in [1.29, 1.82) is 0 Å². The summed E-state index contributed by atoms with van der Waals surface area (Å²) in [6.45, 7) is 8.15. The van der Waals surface area contributed by atoms with Crippen LogP contribution in [0.15, 0.2) is 52.1 Å². The van der Waals surface area contributed by atoms with Gasteiger partial charge in [0.15, 0.2) is 5.96 Å². The van der Waals surface area contributed by atoms with Crippen molar-refractivity contribution in [1.82, 2.24) is 10.6 Å². The molecule has 1 aromatic carbocycles. The largest absolute Gasteiger partial charge is 0.469 e. The first-order valence-corrected chi connectivity index (χ1v) is 8.84. The zero-order chi connectivity index (χ0) is 18.1. The van der Waals surface area contributed by atoms with Gasteiger partial charge in [-0.05, 0) is 30.5 Å². The van der Waals surface area contributed by atoms with Gasteiger partial charge in [0, 0.05) is 26.1 Å². The van der Waals surface area contributed by atoms with Gasteiger partial charge in [0.25, 0.3) is 0 Å². The number of nitrogens with zero attached hydrogens (tertiary/aromatic N) is 1. The molecule has 0 fully saturated rings. The van der Waals surface area contributed by atoms with Gasteiger partial charge in [0.1, 0.15) is 5.76 Å². The van der Waals surface area contributed by atoms with E-state index in [-0.39, 0.29) is 0 Å². The number of rotatable bonds is 8. The molecule has 0 spiro atoms. The standard InChI is InChI=1S/C20H29N3O2/c1-15(2)13-22-20(21-10-9-18-8-5-11-25-18)23-14-19(24)17-7-4-6-16(3)12-17/h4-8,11-12,15,19,24H,9-10,13-14H2,1-3H3,(H2,21,22,23). The lowest BCUT2D eigenvalue weighted by molar-refractivity contribution is 0.180. The van der Waals surface area contributed by atoms with Crippen LogP contribution in [0, 0.1) is 12.8 Å². The Kier molecular flexibility index (Phi) is 7.54.